The van der Waals surface area contributed by atoms with Gasteiger partial charge in [-0.25, -0.2) is 14.8 Å². The van der Waals surface area contributed by atoms with Crippen LogP contribution < -0.4 is 10.1 Å². The fourth-order valence-electron chi connectivity index (χ4n) is 2.15. The molecule has 0 atom stereocenters. The van der Waals surface area contributed by atoms with Crippen molar-refractivity contribution in [1.82, 2.24) is 15.3 Å². The number of nitrogens with one attached hydrogen (secondary N) is 1. The van der Waals surface area contributed by atoms with E-state index in [0.29, 0.717) is 19.4 Å². The SMILES string of the molecule is CC(C)(C)NC(=O)OC1CC(COc2cnc(C(F)(F)F)nc2)C1. The lowest BCUT2D eigenvalue weighted by molar-refractivity contribution is -0.145. The molecule has 1 amide bonds. The summed E-state index contributed by atoms with van der Waals surface area (Å²) in [4.78, 5) is 18.0. The van der Waals surface area contributed by atoms with Crippen LogP contribution in [0.4, 0.5) is 18.0 Å². The number of hydrogen-bond donors (Lipinski definition) is 1. The third kappa shape index (κ3) is 5.54. The molecule has 0 spiro atoms. The minimum absolute atomic E-state index is 0.162. The van der Waals surface area contributed by atoms with Crippen LogP contribution in [0.2, 0.25) is 0 Å². The highest BCUT2D eigenvalue weighted by Gasteiger charge is 2.35. The van der Waals surface area contributed by atoms with E-state index in [2.05, 4.69) is 15.3 Å². The number of alkyl halides is 3. The summed E-state index contributed by atoms with van der Waals surface area (Å²) < 4.78 is 47.6. The quantitative estimate of drug-likeness (QED) is 0.906. The van der Waals surface area contributed by atoms with Gasteiger partial charge in [-0.05, 0) is 39.5 Å². The van der Waals surface area contributed by atoms with Gasteiger partial charge in [0.2, 0.25) is 5.82 Å². The monoisotopic (exact) mass is 347 g/mol. The summed E-state index contributed by atoms with van der Waals surface area (Å²) in [5.41, 5.74) is -0.355. The van der Waals surface area contributed by atoms with Crippen LogP contribution in [0, 0.1) is 5.92 Å². The second-order valence-electron chi connectivity index (χ2n) is 6.79. The number of aromatic nitrogens is 2. The minimum atomic E-state index is -4.56. The molecule has 1 aliphatic carbocycles. The van der Waals surface area contributed by atoms with Crippen LogP contribution in [0.1, 0.15) is 39.4 Å². The Kier molecular flexibility index (Phi) is 5.19. The third-order valence-electron chi connectivity index (χ3n) is 3.31. The molecule has 1 heterocycles. The van der Waals surface area contributed by atoms with Crippen molar-refractivity contribution in [3.63, 3.8) is 0 Å². The number of carbonyl (C=O) groups is 1. The second kappa shape index (κ2) is 6.82. The fourth-order valence-corrected chi connectivity index (χ4v) is 2.15. The van der Waals surface area contributed by atoms with Gasteiger partial charge < -0.3 is 14.8 Å². The molecule has 1 fully saturated rings. The Morgan fingerprint density at radius 2 is 1.83 bits per heavy atom. The van der Waals surface area contributed by atoms with Crippen molar-refractivity contribution < 1.29 is 27.4 Å². The van der Waals surface area contributed by atoms with Gasteiger partial charge in [-0.3, -0.25) is 0 Å². The minimum Gasteiger partial charge on any atom is -0.490 e. The Hall–Kier alpha value is -2.06. The number of alkyl carbamates (subject to hydrolysis) is 1. The molecule has 1 aliphatic rings. The normalized spacial score (nSPS) is 20.9. The summed E-state index contributed by atoms with van der Waals surface area (Å²) in [6.45, 7) is 5.89. The Labute approximate surface area is 137 Å². The number of rotatable bonds is 4. The first kappa shape index (κ1) is 18.3. The zero-order valence-corrected chi connectivity index (χ0v) is 13.7. The average Bonchev–Trinajstić information content (AvgIpc) is 2.38. The number of amides is 1. The standard InChI is InChI=1S/C15H20F3N3O3/c1-14(2,3)21-13(22)24-10-4-9(5-10)8-23-11-6-19-12(20-7-11)15(16,17)18/h6-7,9-10H,4-5,8H2,1-3H3,(H,21,22). The predicted octanol–water partition coefficient (Wildman–Crippen LogP) is 3.18. The summed E-state index contributed by atoms with van der Waals surface area (Å²) in [6.07, 6.45) is -1.88. The molecule has 1 saturated carbocycles. The second-order valence-corrected chi connectivity index (χ2v) is 6.79. The van der Waals surface area contributed by atoms with Gasteiger partial charge in [0.05, 0.1) is 19.0 Å². The van der Waals surface area contributed by atoms with Crippen LogP contribution in [0.3, 0.4) is 0 Å². The molecule has 0 aromatic carbocycles. The summed E-state index contributed by atoms with van der Waals surface area (Å²) >= 11 is 0. The number of ether oxygens (including phenoxy) is 2. The van der Waals surface area contributed by atoms with Crippen molar-refractivity contribution in [1.29, 1.82) is 0 Å². The maximum absolute atomic E-state index is 12.3. The van der Waals surface area contributed by atoms with Crippen molar-refractivity contribution in [2.24, 2.45) is 5.92 Å². The highest BCUT2D eigenvalue weighted by atomic mass is 19.4. The molecule has 6 nitrogen and oxygen atoms in total. The first-order chi connectivity index (χ1) is 11.0. The highest BCUT2D eigenvalue weighted by molar-refractivity contribution is 5.68. The molecule has 0 saturated heterocycles. The Morgan fingerprint density at radius 1 is 1.25 bits per heavy atom. The van der Waals surface area contributed by atoms with Gasteiger partial charge in [0.1, 0.15) is 6.10 Å². The van der Waals surface area contributed by atoms with E-state index in [9.17, 15) is 18.0 Å². The smallest absolute Gasteiger partial charge is 0.451 e. The highest BCUT2D eigenvalue weighted by Crippen LogP contribution is 2.31. The van der Waals surface area contributed by atoms with E-state index in [1.807, 2.05) is 20.8 Å². The maximum atomic E-state index is 12.3. The van der Waals surface area contributed by atoms with Crippen LogP contribution in [-0.2, 0) is 10.9 Å². The largest absolute Gasteiger partial charge is 0.490 e. The van der Waals surface area contributed by atoms with Crippen molar-refractivity contribution in [2.45, 2.75) is 51.4 Å². The summed E-state index contributed by atoms with van der Waals surface area (Å²) in [6, 6.07) is 0. The number of hydrogen-bond acceptors (Lipinski definition) is 5. The van der Waals surface area contributed by atoms with E-state index in [0.717, 1.165) is 12.4 Å². The molecule has 134 valence electrons. The van der Waals surface area contributed by atoms with Crippen LogP contribution in [0.5, 0.6) is 5.75 Å². The maximum Gasteiger partial charge on any atom is 0.451 e. The van der Waals surface area contributed by atoms with E-state index < -0.39 is 18.1 Å². The Bertz CT molecular complexity index is 564. The van der Waals surface area contributed by atoms with Crippen molar-refractivity contribution in [3.8, 4) is 5.75 Å². The zero-order chi connectivity index (χ0) is 18.0. The van der Waals surface area contributed by atoms with E-state index in [4.69, 9.17) is 9.47 Å². The summed E-state index contributed by atoms with van der Waals surface area (Å²) in [5.74, 6) is -0.839. The van der Waals surface area contributed by atoms with Gasteiger partial charge >= 0.3 is 12.3 Å². The topological polar surface area (TPSA) is 73.3 Å². The molecule has 0 unspecified atom stereocenters. The molecular formula is C15H20F3N3O3. The molecule has 1 N–H and O–H groups in total. The number of carbonyl (C=O) groups excluding carboxylic acids is 1. The van der Waals surface area contributed by atoms with Crippen LogP contribution in [0.25, 0.3) is 0 Å². The molecule has 0 radical (unpaired) electrons. The van der Waals surface area contributed by atoms with Gasteiger partial charge in [0.15, 0.2) is 5.75 Å². The van der Waals surface area contributed by atoms with Gasteiger partial charge in [-0.2, -0.15) is 13.2 Å². The van der Waals surface area contributed by atoms with E-state index in [1.165, 1.54) is 0 Å². The van der Waals surface area contributed by atoms with Crippen LogP contribution in [0.15, 0.2) is 12.4 Å². The lowest BCUT2D eigenvalue weighted by atomic mass is 9.83. The van der Waals surface area contributed by atoms with Crippen molar-refractivity contribution in [2.75, 3.05) is 6.61 Å². The fraction of sp³-hybridized carbons (Fsp3) is 0.667. The molecule has 1 aromatic heterocycles. The number of nitrogens with zero attached hydrogens (tertiary/aromatic N) is 2. The third-order valence-corrected chi connectivity index (χ3v) is 3.31. The van der Waals surface area contributed by atoms with Gasteiger partial charge in [-0.1, -0.05) is 0 Å². The lowest BCUT2D eigenvalue weighted by Gasteiger charge is -2.35. The zero-order valence-electron chi connectivity index (χ0n) is 13.7. The average molecular weight is 347 g/mol. The molecule has 24 heavy (non-hydrogen) atoms. The van der Waals surface area contributed by atoms with Crippen molar-refractivity contribution >= 4 is 6.09 Å². The lowest BCUT2D eigenvalue weighted by Crippen LogP contribution is -2.45. The Morgan fingerprint density at radius 3 is 2.33 bits per heavy atom. The van der Waals surface area contributed by atoms with Crippen LogP contribution in [-0.4, -0.2) is 34.3 Å². The number of halogens is 3. The first-order valence-electron chi connectivity index (χ1n) is 7.54. The molecule has 9 heteroatoms. The summed E-state index contributed by atoms with van der Waals surface area (Å²) in [5, 5.41) is 2.71. The molecule has 0 aliphatic heterocycles. The Balaban J connectivity index is 1.68. The van der Waals surface area contributed by atoms with E-state index in [1.54, 1.807) is 0 Å². The van der Waals surface area contributed by atoms with Gasteiger partial charge in [0.25, 0.3) is 0 Å². The molecular weight excluding hydrogens is 327 g/mol. The van der Waals surface area contributed by atoms with E-state index >= 15 is 0 Å². The van der Waals surface area contributed by atoms with E-state index in [-0.39, 0.29) is 23.3 Å². The van der Waals surface area contributed by atoms with Gasteiger partial charge in [-0.15, -0.1) is 0 Å². The first-order valence-corrected chi connectivity index (χ1v) is 7.54. The van der Waals surface area contributed by atoms with Gasteiger partial charge in [0, 0.05) is 5.54 Å². The van der Waals surface area contributed by atoms with Crippen molar-refractivity contribution in [3.05, 3.63) is 18.2 Å². The molecule has 1 aromatic rings. The van der Waals surface area contributed by atoms with Crippen LogP contribution >= 0.6 is 0 Å². The molecule has 0 bridgehead atoms. The predicted molar refractivity (Wildman–Crippen MR) is 78.4 cm³/mol. The molecule has 2 rings (SSSR count). The summed E-state index contributed by atoms with van der Waals surface area (Å²) in [7, 11) is 0.